The van der Waals surface area contributed by atoms with Crippen molar-refractivity contribution in [3.8, 4) is 11.3 Å². The summed E-state index contributed by atoms with van der Waals surface area (Å²) in [5.74, 6) is 0. The van der Waals surface area contributed by atoms with Crippen LogP contribution in [0.15, 0.2) is 27.9 Å². The lowest BCUT2D eigenvalue weighted by Gasteiger charge is -2.27. The van der Waals surface area contributed by atoms with Gasteiger partial charge in [-0.15, -0.1) is 0 Å². The quantitative estimate of drug-likeness (QED) is 0.768. The molecule has 1 aliphatic heterocycles. The van der Waals surface area contributed by atoms with Crippen molar-refractivity contribution < 1.29 is 8.42 Å². The maximum atomic E-state index is 13.3. The zero-order chi connectivity index (χ0) is 20.6. The van der Waals surface area contributed by atoms with Gasteiger partial charge >= 0.3 is 0 Å². The van der Waals surface area contributed by atoms with Gasteiger partial charge in [-0.05, 0) is 69.6 Å². The van der Waals surface area contributed by atoms with E-state index in [0.717, 1.165) is 72.9 Å². The largest absolute Gasteiger partial charge is 0.270 e. The van der Waals surface area contributed by atoms with Gasteiger partial charge in [0.15, 0.2) is 0 Å². The maximum Gasteiger partial charge on any atom is 0.270 e. The summed E-state index contributed by atoms with van der Waals surface area (Å²) >= 11 is 0. The molecule has 0 unspecified atom stereocenters. The predicted octanol–water partition coefficient (Wildman–Crippen LogP) is 3.29. The third-order valence-corrected chi connectivity index (χ3v) is 8.20. The fourth-order valence-electron chi connectivity index (χ4n) is 4.50. The lowest BCUT2D eigenvalue weighted by atomic mass is 9.89. The minimum atomic E-state index is -3.53. The molecule has 0 radical (unpaired) electrons. The molecule has 1 saturated heterocycles. The second-order valence-corrected chi connectivity index (χ2v) is 9.99. The highest BCUT2D eigenvalue weighted by Crippen LogP contribution is 2.32. The highest BCUT2D eigenvalue weighted by atomic mass is 32.2. The van der Waals surface area contributed by atoms with Crippen molar-refractivity contribution in [1.82, 2.24) is 14.1 Å². The molecule has 2 aromatic rings. The zero-order valence-electron chi connectivity index (χ0n) is 17.3. The number of hydrogen-bond donors (Lipinski definition) is 0. The summed E-state index contributed by atoms with van der Waals surface area (Å²) in [5, 5.41) is 4.64. The summed E-state index contributed by atoms with van der Waals surface area (Å²) in [6, 6.07) is 5.57. The predicted molar refractivity (Wildman–Crippen MR) is 114 cm³/mol. The normalized spacial score (nSPS) is 17.9. The lowest BCUT2D eigenvalue weighted by Crippen LogP contribution is -2.36. The number of fused-ring (bicyclic) bond motifs is 1. The van der Waals surface area contributed by atoms with Crippen molar-refractivity contribution >= 4 is 10.0 Å². The molecule has 29 heavy (non-hydrogen) atoms. The van der Waals surface area contributed by atoms with E-state index in [1.165, 1.54) is 4.68 Å². The number of hydrogen-bond acceptors (Lipinski definition) is 4. The first-order valence-corrected chi connectivity index (χ1v) is 12.1. The van der Waals surface area contributed by atoms with Crippen LogP contribution in [0.25, 0.3) is 11.3 Å². The Kier molecular flexibility index (Phi) is 5.62. The molecule has 7 heteroatoms. The van der Waals surface area contributed by atoms with Gasteiger partial charge in [0.25, 0.3) is 5.56 Å². The number of aromatic nitrogens is 2. The monoisotopic (exact) mass is 415 g/mol. The molecule has 4 rings (SSSR count). The van der Waals surface area contributed by atoms with Crippen LogP contribution >= 0.6 is 0 Å². The molecule has 1 aliphatic carbocycles. The van der Waals surface area contributed by atoms with E-state index in [0.29, 0.717) is 24.5 Å². The second kappa shape index (κ2) is 8.03. The third-order valence-electron chi connectivity index (χ3n) is 6.16. The minimum absolute atomic E-state index is 0.000719. The second-order valence-electron chi connectivity index (χ2n) is 8.08. The maximum absolute atomic E-state index is 13.3. The summed E-state index contributed by atoms with van der Waals surface area (Å²) in [5.41, 5.74) is 4.14. The Hall–Kier alpha value is -1.99. The molecule has 0 atom stereocenters. The molecule has 0 saturated carbocycles. The number of aryl methyl sites for hydroxylation is 2. The van der Waals surface area contributed by atoms with E-state index in [-0.39, 0.29) is 5.56 Å². The summed E-state index contributed by atoms with van der Waals surface area (Å²) < 4.78 is 29.7. The van der Waals surface area contributed by atoms with Crippen LogP contribution in [0.3, 0.4) is 0 Å². The van der Waals surface area contributed by atoms with Crippen molar-refractivity contribution in [3.05, 3.63) is 45.2 Å². The summed E-state index contributed by atoms with van der Waals surface area (Å²) in [7, 11) is -3.53. The molecule has 2 heterocycles. The van der Waals surface area contributed by atoms with Crippen LogP contribution in [0.5, 0.6) is 0 Å². The van der Waals surface area contributed by atoms with Crippen LogP contribution < -0.4 is 5.56 Å². The number of rotatable bonds is 4. The van der Waals surface area contributed by atoms with Gasteiger partial charge in [-0.1, -0.05) is 18.6 Å². The van der Waals surface area contributed by atoms with E-state index in [2.05, 4.69) is 5.10 Å². The van der Waals surface area contributed by atoms with Crippen molar-refractivity contribution in [1.29, 1.82) is 0 Å². The highest BCUT2D eigenvalue weighted by molar-refractivity contribution is 7.89. The first-order valence-electron chi connectivity index (χ1n) is 10.7. The topological polar surface area (TPSA) is 72.3 Å². The molecule has 0 N–H and O–H groups in total. The molecule has 0 amide bonds. The Labute approximate surface area is 172 Å². The smallest absolute Gasteiger partial charge is 0.267 e. The van der Waals surface area contributed by atoms with Crippen LogP contribution in [-0.4, -0.2) is 35.6 Å². The Bertz CT molecular complexity index is 1080. The number of piperidine rings is 1. The van der Waals surface area contributed by atoms with Gasteiger partial charge in [0.05, 0.1) is 10.6 Å². The molecule has 2 aliphatic rings. The van der Waals surface area contributed by atoms with Gasteiger partial charge < -0.3 is 0 Å². The number of benzene rings is 1. The molecule has 1 fully saturated rings. The van der Waals surface area contributed by atoms with Gasteiger partial charge in [0.1, 0.15) is 0 Å². The fraction of sp³-hybridized carbons (Fsp3) is 0.545. The van der Waals surface area contributed by atoms with Crippen LogP contribution in [0.2, 0.25) is 0 Å². The average molecular weight is 416 g/mol. The first-order chi connectivity index (χ1) is 13.9. The van der Waals surface area contributed by atoms with E-state index in [4.69, 9.17) is 0 Å². The number of nitrogens with zero attached hydrogens (tertiary/aromatic N) is 3. The Morgan fingerprint density at radius 1 is 1.00 bits per heavy atom. The molecule has 1 aromatic heterocycles. The fourth-order valence-corrected chi connectivity index (χ4v) is 6.27. The molecule has 0 bridgehead atoms. The van der Waals surface area contributed by atoms with Crippen LogP contribution in [-0.2, 0) is 29.4 Å². The third kappa shape index (κ3) is 3.66. The minimum Gasteiger partial charge on any atom is -0.267 e. The highest BCUT2D eigenvalue weighted by Gasteiger charge is 2.28. The van der Waals surface area contributed by atoms with E-state index in [9.17, 15) is 13.2 Å². The van der Waals surface area contributed by atoms with Crippen LogP contribution in [0.4, 0.5) is 0 Å². The molecule has 0 spiro atoms. The van der Waals surface area contributed by atoms with Crippen molar-refractivity contribution in [2.75, 3.05) is 13.1 Å². The summed E-state index contributed by atoms with van der Waals surface area (Å²) in [4.78, 5) is 13.1. The standard InChI is InChI=1S/C22H29N3O3S/c1-3-25-22(26)19-10-6-5-9-18(19)21(23-25)17-12-11-16(2)20(15-17)29(27,28)24-13-7-4-8-14-24/h11-12,15H,3-10,13-14H2,1-2H3. The lowest BCUT2D eigenvalue weighted by molar-refractivity contribution is 0.346. The van der Waals surface area contributed by atoms with Gasteiger partial charge in [0, 0.05) is 30.8 Å². The van der Waals surface area contributed by atoms with E-state index >= 15 is 0 Å². The Morgan fingerprint density at radius 3 is 2.38 bits per heavy atom. The van der Waals surface area contributed by atoms with Gasteiger partial charge in [-0.25, -0.2) is 13.1 Å². The summed E-state index contributed by atoms with van der Waals surface area (Å²) in [6.07, 6.45) is 6.54. The van der Waals surface area contributed by atoms with Gasteiger partial charge in [-0.3, -0.25) is 4.79 Å². The first kappa shape index (κ1) is 20.3. The van der Waals surface area contributed by atoms with Crippen molar-refractivity contribution in [2.45, 2.75) is 70.2 Å². The Morgan fingerprint density at radius 2 is 1.69 bits per heavy atom. The molecule has 156 valence electrons. The van der Waals surface area contributed by atoms with Gasteiger partial charge in [0.2, 0.25) is 10.0 Å². The van der Waals surface area contributed by atoms with Crippen molar-refractivity contribution in [3.63, 3.8) is 0 Å². The molecule has 1 aromatic carbocycles. The molecular weight excluding hydrogens is 386 g/mol. The van der Waals surface area contributed by atoms with Crippen molar-refractivity contribution in [2.24, 2.45) is 0 Å². The van der Waals surface area contributed by atoms with Gasteiger partial charge in [-0.2, -0.15) is 9.40 Å². The Balaban J connectivity index is 1.86. The van der Waals surface area contributed by atoms with E-state index < -0.39 is 10.0 Å². The molecule has 6 nitrogen and oxygen atoms in total. The zero-order valence-corrected chi connectivity index (χ0v) is 18.1. The molecular formula is C22H29N3O3S. The van der Waals surface area contributed by atoms with E-state index in [1.807, 2.05) is 26.0 Å². The SMILES string of the molecule is CCn1nc(-c2ccc(C)c(S(=O)(=O)N3CCCCC3)c2)c2c(c1=O)CCCC2. The van der Waals surface area contributed by atoms with E-state index in [1.54, 1.807) is 10.4 Å². The van der Waals surface area contributed by atoms with Crippen LogP contribution in [0, 0.1) is 6.92 Å². The number of sulfonamides is 1. The summed E-state index contributed by atoms with van der Waals surface area (Å²) in [6.45, 7) is 5.43. The average Bonchev–Trinajstić information content (AvgIpc) is 2.75. The van der Waals surface area contributed by atoms with Crippen LogP contribution in [0.1, 0.15) is 55.7 Å².